The van der Waals surface area contributed by atoms with E-state index in [0.29, 0.717) is 10.8 Å². The molecule has 0 heteroatoms. The predicted octanol–water partition coefficient (Wildman–Crippen LogP) is 4.49. The standard InChI is InChI=1S/C17H22/c1-16(2)11-6-12-17(3)14-8-5-4-7-13(14)9-10-15(16)17/h4-8,11,15H,9-10,12H2,1-3H3/t15-,17+/m1/s1. The average Bonchev–Trinajstić information content (AvgIpc) is 2.28. The summed E-state index contributed by atoms with van der Waals surface area (Å²) in [6.45, 7) is 7.28. The maximum atomic E-state index is 2.47. The van der Waals surface area contributed by atoms with Gasteiger partial charge >= 0.3 is 0 Å². The van der Waals surface area contributed by atoms with Crippen molar-refractivity contribution in [2.24, 2.45) is 11.3 Å². The highest BCUT2D eigenvalue weighted by atomic mass is 14.5. The van der Waals surface area contributed by atoms with Gasteiger partial charge in [0.2, 0.25) is 0 Å². The van der Waals surface area contributed by atoms with E-state index in [1.807, 2.05) is 0 Å². The molecular weight excluding hydrogens is 204 g/mol. The summed E-state index contributed by atoms with van der Waals surface area (Å²) >= 11 is 0. The molecule has 0 nitrogen and oxygen atoms in total. The fourth-order valence-electron chi connectivity index (χ4n) is 4.27. The Hall–Kier alpha value is -1.04. The molecule has 0 amide bonds. The number of hydrogen-bond acceptors (Lipinski definition) is 0. The van der Waals surface area contributed by atoms with Gasteiger partial charge in [-0.2, -0.15) is 0 Å². The molecule has 2 aliphatic rings. The van der Waals surface area contributed by atoms with E-state index in [1.54, 1.807) is 11.1 Å². The summed E-state index contributed by atoms with van der Waals surface area (Å²) in [5.74, 6) is 0.787. The second kappa shape index (κ2) is 3.48. The van der Waals surface area contributed by atoms with Crippen LogP contribution in [0.3, 0.4) is 0 Å². The Morgan fingerprint density at radius 3 is 2.71 bits per heavy atom. The largest absolute Gasteiger partial charge is 0.0871 e. The van der Waals surface area contributed by atoms with E-state index in [2.05, 4.69) is 57.2 Å². The minimum absolute atomic E-state index is 0.348. The summed E-state index contributed by atoms with van der Waals surface area (Å²) in [6.07, 6.45) is 8.64. The molecule has 90 valence electrons. The van der Waals surface area contributed by atoms with Gasteiger partial charge in [-0.25, -0.2) is 0 Å². The molecule has 0 bridgehead atoms. The number of allylic oxidation sites excluding steroid dienone is 2. The van der Waals surface area contributed by atoms with Crippen LogP contribution in [0.5, 0.6) is 0 Å². The molecule has 0 heterocycles. The Kier molecular flexibility index (Phi) is 2.26. The number of rotatable bonds is 0. The fraction of sp³-hybridized carbons (Fsp3) is 0.529. The first-order valence-electron chi connectivity index (χ1n) is 6.80. The van der Waals surface area contributed by atoms with Crippen LogP contribution in [0.1, 0.15) is 44.7 Å². The third kappa shape index (κ3) is 1.50. The average molecular weight is 226 g/mol. The molecule has 0 aliphatic heterocycles. The van der Waals surface area contributed by atoms with Crippen LogP contribution in [0.2, 0.25) is 0 Å². The van der Waals surface area contributed by atoms with Crippen molar-refractivity contribution in [2.75, 3.05) is 0 Å². The molecule has 0 spiro atoms. The highest BCUT2D eigenvalue weighted by Crippen LogP contribution is 2.54. The van der Waals surface area contributed by atoms with Crippen LogP contribution < -0.4 is 0 Å². The molecule has 0 aromatic heterocycles. The normalized spacial score (nSPS) is 33.9. The van der Waals surface area contributed by atoms with Crippen molar-refractivity contribution >= 4 is 0 Å². The summed E-state index contributed by atoms with van der Waals surface area (Å²) in [4.78, 5) is 0. The third-order valence-corrected chi connectivity index (χ3v) is 5.09. The Balaban J connectivity index is 2.16. The predicted molar refractivity (Wildman–Crippen MR) is 73.1 cm³/mol. The molecule has 0 radical (unpaired) electrons. The van der Waals surface area contributed by atoms with Gasteiger partial charge in [0.25, 0.3) is 0 Å². The summed E-state index contributed by atoms with van der Waals surface area (Å²) in [6, 6.07) is 9.07. The number of benzene rings is 1. The van der Waals surface area contributed by atoms with E-state index in [4.69, 9.17) is 0 Å². The zero-order valence-corrected chi connectivity index (χ0v) is 11.2. The van der Waals surface area contributed by atoms with Gasteiger partial charge in [0, 0.05) is 0 Å². The molecule has 0 saturated heterocycles. The molecule has 0 unspecified atom stereocenters. The molecule has 2 aliphatic carbocycles. The molecule has 1 aromatic rings. The first kappa shape index (κ1) is 11.1. The van der Waals surface area contributed by atoms with Gasteiger partial charge in [0.1, 0.15) is 0 Å². The van der Waals surface area contributed by atoms with E-state index in [-0.39, 0.29) is 0 Å². The van der Waals surface area contributed by atoms with Gasteiger partial charge in [-0.3, -0.25) is 0 Å². The van der Waals surface area contributed by atoms with Crippen molar-refractivity contribution in [3.63, 3.8) is 0 Å². The number of aryl methyl sites for hydroxylation is 1. The van der Waals surface area contributed by atoms with Gasteiger partial charge in [-0.1, -0.05) is 57.2 Å². The smallest absolute Gasteiger partial charge is 0.000171 e. The topological polar surface area (TPSA) is 0 Å². The minimum Gasteiger partial charge on any atom is -0.0871 e. The van der Waals surface area contributed by atoms with Crippen LogP contribution in [-0.2, 0) is 11.8 Å². The van der Waals surface area contributed by atoms with Crippen molar-refractivity contribution in [2.45, 2.75) is 45.4 Å². The second-order valence-corrected chi connectivity index (χ2v) is 6.59. The van der Waals surface area contributed by atoms with Crippen LogP contribution in [-0.4, -0.2) is 0 Å². The van der Waals surface area contributed by atoms with Gasteiger partial charge < -0.3 is 0 Å². The van der Waals surface area contributed by atoms with Crippen molar-refractivity contribution < 1.29 is 0 Å². The SMILES string of the molecule is CC1(C)C=CC[C@@]2(C)c3ccccc3CC[C@H]12. The third-order valence-electron chi connectivity index (χ3n) is 5.09. The molecule has 3 rings (SSSR count). The van der Waals surface area contributed by atoms with Crippen LogP contribution in [0.4, 0.5) is 0 Å². The zero-order chi connectivity index (χ0) is 12.1. The highest BCUT2D eigenvalue weighted by molar-refractivity contribution is 5.40. The summed E-state index contributed by atoms with van der Waals surface area (Å²) in [5, 5.41) is 0. The molecule has 17 heavy (non-hydrogen) atoms. The van der Waals surface area contributed by atoms with Gasteiger partial charge in [0.15, 0.2) is 0 Å². The monoisotopic (exact) mass is 226 g/mol. The fourth-order valence-corrected chi connectivity index (χ4v) is 4.27. The highest BCUT2D eigenvalue weighted by Gasteiger charge is 2.47. The van der Waals surface area contributed by atoms with E-state index in [9.17, 15) is 0 Å². The minimum atomic E-state index is 0.348. The number of fused-ring (bicyclic) bond motifs is 3. The summed E-state index contributed by atoms with van der Waals surface area (Å²) in [5.41, 5.74) is 3.89. The molecule has 0 fully saturated rings. The van der Waals surface area contributed by atoms with E-state index < -0.39 is 0 Å². The lowest BCUT2D eigenvalue weighted by atomic mass is 9.52. The Morgan fingerprint density at radius 2 is 1.88 bits per heavy atom. The lowest BCUT2D eigenvalue weighted by Gasteiger charge is -2.51. The van der Waals surface area contributed by atoms with Crippen molar-refractivity contribution in [1.29, 1.82) is 0 Å². The van der Waals surface area contributed by atoms with Gasteiger partial charge in [-0.05, 0) is 47.1 Å². The maximum absolute atomic E-state index is 2.47. The summed E-state index contributed by atoms with van der Waals surface area (Å²) < 4.78 is 0. The van der Waals surface area contributed by atoms with Crippen molar-refractivity contribution in [3.05, 3.63) is 47.5 Å². The lowest BCUT2D eigenvalue weighted by molar-refractivity contribution is 0.125. The first-order valence-corrected chi connectivity index (χ1v) is 6.80. The summed E-state index contributed by atoms with van der Waals surface area (Å²) in [7, 11) is 0. The first-order chi connectivity index (χ1) is 8.04. The van der Waals surface area contributed by atoms with E-state index >= 15 is 0 Å². The van der Waals surface area contributed by atoms with Crippen molar-refractivity contribution in [1.82, 2.24) is 0 Å². The zero-order valence-electron chi connectivity index (χ0n) is 11.2. The Bertz CT molecular complexity index is 467. The van der Waals surface area contributed by atoms with Gasteiger partial charge in [0.05, 0.1) is 0 Å². The van der Waals surface area contributed by atoms with Crippen LogP contribution >= 0.6 is 0 Å². The van der Waals surface area contributed by atoms with Crippen LogP contribution in [0.15, 0.2) is 36.4 Å². The molecule has 0 N–H and O–H groups in total. The van der Waals surface area contributed by atoms with Crippen LogP contribution in [0.25, 0.3) is 0 Å². The van der Waals surface area contributed by atoms with Crippen molar-refractivity contribution in [3.8, 4) is 0 Å². The molecule has 0 saturated carbocycles. The van der Waals surface area contributed by atoms with E-state index in [1.165, 1.54) is 19.3 Å². The quantitative estimate of drug-likeness (QED) is 0.572. The molecule has 2 atom stereocenters. The molecular formula is C17H22. The Labute approximate surface area is 105 Å². The second-order valence-electron chi connectivity index (χ2n) is 6.59. The van der Waals surface area contributed by atoms with E-state index in [0.717, 1.165) is 5.92 Å². The van der Waals surface area contributed by atoms with Crippen LogP contribution in [0, 0.1) is 11.3 Å². The Morgan fingerprint density at radius 1 is 1.12 bits per heavy atom. The lowest BCUT2D eigenvalue weighted by Crippen LogP contribution is -2.45. The maximum Gasteiger partial charge on any atom is -0.000171 e. The molecule has 1 aromatic carbocycles. The number of hydrogen-bond donors (Lipinski definition) is 0. The van der Waals surface area contributed by atoms with Gasteiger partial charge in [-0.15, -0.1) is 0 Å².